The molecule has 2 N–H and O–H groups in total. The van der Waals surface area contributed by atoms with Crippen LogP contribution >= 0.6 is 0 Å². The minimum Gasteiger partial charge on any atom is -0.497 e. The van der Waals surface area contributed by atoms with Crippen molar-refractivity contribution in [2.24, 2.45) is 5.41 Å². The normalized spacial score (nSPS) is 12.0. The summed E-state index contributed by atoms with van der Waals surface area (Å²) in [6.07, 6.45) is 0.467. The molecule has 0 radical (unpaired) electrons. The number of carboxylic acid groups (broad SMARTS) is 1. The fraction of sp³-hybridized carbons (Fsp3) is 0.500. The monoisotopic (exact) mass is 315 g/mol. The Labute approximate surface area is 125 Å². The second-order valence-electron chi connectivity index (χ2n) is 5.95. The second kappa shape index (κ2) is 6.34. The molecular weight excluding hydrogens is 294 g/mol. The summed E-state index contributed by atoms with van der Waals surface area (Å²) < 4.78 is 31.5. The minimum absolute atomic E-state index is 0.00996. The standard InChI is InChI=1S/C14H21NO5S/c1-14(2,3)7-8-21(18,19)15-12-9-10(20-4)5-6-11(12)13(16)17/h5-6,9,15H,7-8H2,1-4H3,(H,16,17). The second-order valence-corrected chi connectivity index (χ2v) is 7.79. The van der Waals surface area contributed by atoms with Gasteiger partial charge < -0.3 is 9.84 Å². The fourth-order valence-corrected chi connectivity index (χ4v) is 3.07. The SMILES string of the molecule is COc1ccc(C(=O)O)c(NS(=O)(=O)CCC(C)(C)C)c1. The predicted molar refractivity (Wildman–Crippen MR) is 81.4 cm³/mol. The largest absolute Gasteiger partial charge is 0.497 e. The highest BCUT2D eigenvalue weighted by Gasteiger charge is 2.20. The van der Waals surface area contributed by atoms with Gasteiger partial charge in [-0.05, 0) is 24.0 Å². The van der Waals surface area contributed by atoms with E-state index in [0.717, 1.165) is 0 Å². The van der Waals surface area contributed by atoms with Gasteiger partial charge in [0.2, 0.25) is 10.0 Å². The molecule has 21 heavy (non-hydrogen) atoms. The summed E-state index contributed by atoms with van der Waals surface area (Å²) in [5.41, 5.74) is -0.232. The van der Waals surface area contributed by atoms with E-state index >= 15 is 0 Å². The van der Waals surface area contributed by atoms with Crippen molar-refractivity contribution in [1.29, 1.82) is 0 Å². The minimum atomic E-state index is -3.62. The summed E-state index contributed by atoms with van der Waals surface area (Å²) >= 11 is 0. The molecular formula is C14H21NO5S. The van der Waals surface area contributed by atoms with E-state index in [2.05, 4.69) is 4.72 Å². The van der Waals surface area contributed by atoms with Crippen LogP contribution in [0.3, 0.4) is 0 Å². The predicted octanol–water partition coefficient (Wildman–Crippen LogP) is 2.57. The number of carbonyl (C=O) groups is 1. The highest BCUT2D eigenvalue weighted by Crippen LogP contribution is 2.25. The van der Waals surface area contributed by atoms with E-state index in [-0.39, 0.29) is 22.4 Å². The molecule has 0 aromatic heterocycles. The molecule has 0 spiro atoms. The number of hydrogen-bond acceptors (Lipinski definition) is 4. The van der Waals surface area contributed by atoms with Crippen molar-refractivity contribution >= 4 is 21.7 Å². The maximum absolute atomic E-state index is 12.1. The summed E-state index contributed by atoms with van der Waals surface area (Å²) in [6.45, 7) is 5.82. The quantitative estimate of drug-likeness (QED) is 0.841. The lowest BCUT2D eigenvalue weighted by Crippen LogP contribution is -2.22. The zero-order valence-corrected chi connectivity index (χ0v) is 13.5. The Morgan fingerprint density at radius 2 is 1.95 bits per heavy atom. The van der Waals surface area contributed by atoms with Gasteiger partial charge in [-0.2, -0.15) is 0 Å². The first-order valence-corrected chi connectivity index (χ1v) is 8.11. The lowest BCUT2D eigenvalue weighted by Gasteiger charge is -2.18. The number of rotatable bonds is 6. The average Bonchev–Trinajstić information content (AvgIpc) is 2.35. The van der Waals surface area contributed by atoms with Crippen LogP contribution in [0, 0.1) is 5.41 Å². The van der Waals surface area contributed by atoms with Gasteiger partial charge in [0, 0.05) is 6.07 Å². The molecule has 6 nitrogen and oxygen atoms in total. The molecule has 0 aliphatic carbocycles. The maximum Gasteiger partial charge on any atom is 0.337 e. The Balaban J connectivity index is 3.02. The van der Waals surface area contributed by atoms with Gasteiger partial charge in [-0.1, -0.05) is 20.8 Å². The first kappa shape index (κ1) is 17.3. The molecule has 0 unspecified atom stereocenters. The summed E-state index contributed by atoms with van der Waals surface area (Å²) in [6, 6.07) is 4.14. The van der Waals surface area contributed by atoms with Crippen LogP contribution < -0.4 is 9.46 Å². The highest BCUT2D eigenvalue weighted by atomic mass is 32.2. The molecule has 0 fully saturated rings. The number of benzene rings is 1. The van der Waals surface area contributed by atoms with Crippen molar-refractivity contribution in [2.45, 2.75) is 27.2 Å². The molecule has 0 saturated heterocycles. The first-order valence-electron chi connectivity index (χ1n) is 6.46. The Hall–Kier alpha value is -1.76. The third-order valence-corrected chi connectivity index (χ3v) is 4.12. The molecule has 0 heterocycles. The number of anilines is 1. The van der Waals surface area contributed by atoms with Gasteiger partial charge in [-0.3, -0.25) is 4.72 Å². The van der Waals surface area contributed by atoms with Crippen LogP contribution in [-0.2, 0) is 10.0 Å². The van der Waals surface area contributed by atoms with Crippen LogP contribution in [0.5, 0.6) is 5.75 Å². The Morgan fingerprint density at radius 3 is 2.43 bits per heavy atom. The number of nitrogens with one attached hydrogen (secondary N) is 1. The summed E-state index contributed by atoms with van der Waals surface area (Å²) in [4.78, 5) is 11.1. The number of aromatic carboxylic acids is 1. The van der Waals surface area contributed by atoms with E-state index in [1.165, 1.54) is 25.3 Å². The number of carboxylic acids is 1. The summed E-state index contributed by atoms with van der Waals surface area (Å²) in [5, 5.41) is 9.11. The molecule has 1 rings (SSSR count). The van der Waals surface area contributed by atoms with E-state index < -0.39 is 16.0 Å². The van der Waals surface area contributed by atoms with E-state index in [9.17, 15) is 13.2 Å². The molecule has 118 valence electrons. The highest BCUT2D eigenvalue weighted by molar-refractivity contribution is 7.92. The van der Waals surface area contributed by atoms with Crippen molar-refractivity contribution in [3.8, 4) is 5.75 Å². The number of hydrogen-bond donors (Lipinski definition) is 2. The summed E-state index contributed by atoms with van der Waals surface area (Å²) in [5.74, 6) is -0.896. The van der Waals surface area contributed by atoms with Crippen LogP contribution in [0.1, 0.15) is 37.6 Å². The van der Waals surface area contributed by atoms with E-state index in [4.69, 9.17) is 9.84 Å². The van der Waals surface area contributed by atoms with E-state index in [0.29, 0.717) is 12.2 Å². The average molecular weight is 315 g/mol. The van der Waals surface area contributed by atoms with Crippen LogP contribution in [0.4, 0.5) is 5.69 Å². The fourth-order valence-electron chi connectivity index (χ4n) is 1.58. The van der Waals surface area contributed by atoms with Gasteiger partial charge in [0.1, 0.15) is 5.75 Å². The van der Waals surface area contributed by atoms with Gasteiger partial charge in [0.05, 0.1) is 24.1 Å². The Morgan fingerprint density at radius 1 is 1.33 bits per heavy atom. The molecule has 0 saturated carbocycles. The molecule has 0 amide bonds. The topological polar surface area (TPSA) is 92.7 Å². The summed E-state index contributed by atoms with van der Waals surface area (Å²) in [7, 11) is -2.19. The van der Waals surface area contributed by atoms with Crippen molar-refractivity contribution < 1.29 is 23.1 Å². The molecule has 0 aliphatic heterocycles. The van der Waals surface area contributed by atoms with Crippen molar-refractivity contribution in [3.05, 3.63) is 23.8 Å². The van der Waals surface area contributed by atoms with Crippen molar-refractivity contribution in [3.63, 3.8) is 0 Å². The molecule has 0 aliphatic rings. The van der Waals surface area contributed by atoms with Gasteiger partial charge in [0.25, 0.3) is 0 Å². The lowest BCUT2D eigenvalue weighted by molar-refractivity contribution is 0.0698. The van der Waals surface area contributed by atoms with Crippen LogP contribution in [-0.4, -0.2) is 32.4 Å². The lowest BCUT2D eigenvalue weighted by atomic mass is 9.94. The van der Waals surface area contributed by atoms with E-state index in [1.807, 2.05) is 20.8 Å². The van der Waals surface area contributed by atoms with Crippen LogP contribution in [0.2, 0.25) is 0 Å². The zero-order chi connectivity index (χ0) is 16.3. The molecule has 1 aromatic carbocycles. The molecule has 1 aromatic rings. The van der Waals surface area contributed by atoms with Crippen LogP contribution in [0.25, 0.3) is 0 Å². The maximum atomic E-state index is 12.1. The smallest absolute Gasteiger partial charge is 0.337 e. The van der Waals surface area contributed by atoms with Crippen molar-refractivity contribution in [1.82, 2.24) is 0 Å². The molecule has 7 heteroatoms. The first-order chi connectivity index (χ1) is 9.54. The molecule has 0 bridgehead atoms. The van der Waals surface area contributed by atoms with Gasteiger partial charge in [-0.15, -0.1) is 0 Å². The number of methoxy groups -OCH3 is 1. The Kier molecular flexibility index (Phi) is 5.22. The third-order valence-electron chi connectivity index (χ3n) is 2.84. The molecule has 0 atom stereocenters. The van der Waals surface area contributed by atoms with E-state index in [1.54, 1.807) is 0 Å². The van der Waals surface area contributed by atoms with Crippen LogP contribution in [0.15, 0.2) is 18.2 Å². The van der Waals surface area contributed by atoms with Crippen molar-refractivity contribution in [2.75, 3.05) is 17.6 Å². The third kappa shape index (κ3) is 5.63. The Bertz CT molecular complexity index is 617. The number of ether oxygens (including phenoxy) is 1. The zero-order valence-electron chi connectivity index (χ0n) is 12.6. The van der Waals surface area contributed by atoms with Gasteiger partial charge in [0.15, 0.2) is 0 Å². The van der Waals surface area contributed by atoms with Gasteiger partial charge >= 0.3 is 5.97 Å². The number of sulfonamides is 1. The van der Waals surface area contributed by atoms with Gasteiger partial charge in [-0.25, -0.2) is 13.2 Å².